The summed E-state index contributed by atoms with van der Waals surface area (Å²) in [6.07, 6.45) is 3.41. The summed E-state index contributed by atoms with van der Waals surface area (Å²) in [6.45, 7) is 1.62. The van der Waals surface area contributed by atoms with Gasteiger partial charge in [-0.2, -0.15) is 0 Å². The maximum atomic E-state index is 12.3. The Balaban J connectivity index is 0.00000176. The van der Waals surface area contributed by atoms with Crippen LogP contribution in [0.15, 0.2) is 18.2 Å². The summed E-state index contributed by atoms with van der Waals surface area (Å²) in [6, 6.07) is 6.02. The minimum absolute atomic E-state index is 0. The number of nitrogens with zero attached hydrogens (tertiary/aromatic N) is 1. The highest BCUT2D eigenvalue weighted by Gasteiger charge is 2.31. The molecule has 122 valence electrons. The van der Waals surface area contributed by atoms with E-state index in [9.17, 15) is 4.79 Å². The summed E-state index contributed by atoms with van der Waals surface area (Å²) in [5, 5.41) is 4.46. The van der Waals surface area contributed by atoms with Crippen molar-refractivity contribution in [3.05, 3.63) is 28.2 Å². The van der Waals surface area contributed by atoms with Crippen molar-refractivity contribution in [3.63, 3.8) is 0 Å². The minimum atomic E-state index is 0. The summed E-state index contributed by atoms with van der Waals surface area (Å²) >= 11 is 11.8. The largest absolute Gasteiger partial charge is 0.484 e. The van der Waals surface area contributed by atoms with Gasteiger partial charge in [-0.3, -0.25) is 4.79 Å². The van der Waals surface area contributed by atoms with Gasteiger partial charge in [-0.15, -0.1) is 12.4 Å². The van der Waals surface area contributed by atoms with Crippen LogP contribution in [-0.4, -0.2) is 42.6 Å². The Bertz CT molecular complexity index is 542. The molecule has 2 aliphatic heterocycles. The third-order valence-electron chi connectivity index (χ3n) is 4.13. The second-order valence-corrected chi connectivity index (χ2v) is 6.45. The molecule has 0 saturated carbocycles. The second-order valence-electron chi connectivity index (χ2n) is 5.63. The Kier molecular flexibility index (Phi) is 6.21. The first-order valence-electron chi connectivity index (χ1n) is 7.23. The van der Waals surface area contributed by atoms with Crippen molar-refractivity contribution in [3.8, 4) is 5.75 Å². The van der Waals surface area contributed by atoms with E-state index in [1.807, 2.05) is 4.90 Å². The van der Waals surface area contributed by atoms with Crippen LogP contribution in [0.5, 0.6) is 5.75 Å². The first-order chi connectivity index (χ1) is 10.1. The van der Waals surface area contributed by atoms with Gasteiger partial charge >= 0.3 is 0 Å². The molecule has 2 fully saturated rings. The quantitative estimate of drug-likeness (QED) is 0.894. The SMILES string of the molecule is Cl.O=C(COc1ccc(Cl)c(Cl)c1)N1CCC2CCC(C1)N2. The molecule has 7 heteroatoms. The molecular formula is C15H19Cl3N2O2. The molecule has 2 unspecified atom stereocenters. The molecule has 0 aliphatic carbocycles. The maximum absolute atomic E-state index is 12.3. The van der Waals surface area contributed by atoms with Gasteiger partial charge in [0.2, 0.25) is 0 Å². The summed E-state index contributed by atoms with van der Waals surface area (Å²) in [5.74, 6) is 0.586. The third-order valence-corrected chi connectivity index (χ3v) is 4.87. The van der Waals surface area contributed by atoms with Crippen LogP contribution in [0.1, 0.15) is 19.3 Å². The molecule has 1 aromatic carbocycles. The second kappa shape index (κ2) is 7.73. The lowest BCUT2D eigenvalue weighted by atomic mass is 10.1. The van der Waals surface area contributed by atoms with Gasteiger partial charge in [-0.25, -0.2) is 0 Å². The smallest absolute Gasteiger partial charge is 0.260 e. The van der Waals surface area contributed by atoms with Crippen molar-refractivity contribution in [1.29, 1.82) is 0 Å². The number of fused-ring (bicyclic) bond motifs is 2. The van der Waals surface area contributed by atoms with Crippen molar-refractivity contribution < 1.29 is 9.53 Å². The minimum Gasteiger partial charge on any atom is -0.484 e. The van der Waals surface area contributed by atoms with Crippen LogP contribution < -0.4 is 10.1 Å². The van der Waals surface area contributed by atoms with Crippen LogP contribution in [0.2, 0.25) is 10.0 Å². The highest BCUT2D eigenvalue weighted by molar-refractivity contribution is 6.42. The van der Waals surface area contributed by atoms with E-state index in [-0.39, 0.29) is 24.9 Å². The summed E-state index contributed by atoms with van der Waals surface area (Å²) < 4.78 is 5.52. The van der Waals surface area contributed by atoms with Crippen LogP contribution in [0.3, 0.4) is 0 Å². The van der Waals surface area contributed by atoms with Gasteiger partial charge in [0.25, 0.3) is 5.91 Å². The number of hydrogen-bond donors (Lipinski definition) is 1. The highest BCUT2D eigenvalue weighted by Crippen LogP contribution is 2.26. The van der Waals surface area contributed by atoms with Gasteiger partial charge < -0.3 is 15.0 Å². The summed E-state index contributed by atoms with van der Waals surface area (Å²) in [4.78, 5) is 14.2. The fraction of sp³-hybridized carbons (Fsp3) is 0.533. The monoisotopic (exact) mass is 364 g/mol. The van der Waals surface area contributed by atoms with Crippen LogP contribution in [0.4, 0.5) is 0 Å². The molecule has 3 rings (SSSR count). The molecule has 4 nitrogen and oxygen atoms in total. The lowest BCUT2D eigenvalue weighted by Gasteiger charge is -2.24. The maximum Gasteiger partial charge on any atom is 0.260 e. The van der Waals surface area contributed by atoms with Crippen molar-refractivity contribution in [2.75, 3.05) is 19.7 Å². The van der Waals surface area contributed by atoms with E-state index in [0.717, 1.165) is 25.9 Å². The molecule has 2 saturated heterocycles. The predicted octanol–water partition coefficient (Wildman–Crippen LogP) is 3.15. The van der Waals surface area contributed by atoms with Gasteiger partial charge in [0, 0.05) is 31.2 Å². The number of hydrogen-bond acceptors (Lipinski definition) is 3. The molecule has 1 amide bonds. The lowest BCUT2D eigenvalue weighted by molar-refractivity contribution is -0.133. The highest BCUT2D eigenvalue weighted by atomic mass is 35.5. The fourth-order valence-electron chi connectivity index (χ4n) is 2.97. The number of benzene rings is 1. The van der Waals surface area contributed by atoms with Gasteiger partial charge in [0.15, 0.2) is 6.61 Å². The van der Waals surface area contributed by atoms with E-state index in [0.29, 0.717) is 27.9 Å². The Morgan fingerprint density at radius 1 is 1.23 bits per heavy atom. The molecule has 0 spiro atoms. The number of ether oxygens (including phenoxy) is 1. The molecular weight excluding hydrogens is 347 g/mol. The summed E-state index contributed by atoms with van der Waals surface area (Å²) in [5.41, 5.74) is 0. The Morgan fingerprint density at radius 2 is 2.00 bits per heavy atom. The molecule has 1 N–H and O–H groups in total. The third kappa shape index (κ3) is 4.19. The predicted molar refractivity (Wildman–Crippen MR) is 90.3 cm³/mol. The average molecular weight is 366 g/mol. The number of nitrogens with one attached hydrogen (secondary N) is 1. The Morgan fingerprint density at radius 3 is 2.77 bits per heavy atom. The normalized spacial score (nSPS) is 23.6. The first-order valence-corrected chi connectivity index (χ1v) is 7.99. The van der Waals surface area contributed by atoms with Crippen molar-refractivity contribution in [2.45, 2.75) is 31.3 Å². The van der Waals surface area contributed by atoms with E-state index in [1.165, 1.54) is 6.42 Å². The van der Waals surface area contributed by atoms with Crippen LogP contribution in [0.25, 0.3) is 0 Å². The van der Waals surface area contributed by atoms with Gasteiger partial charge in [-0.1, -0.05) is 23.2 Å². The molecule has 0 aromatic heterocycles. The van der Waals surface area contributed by atoms with Crippen molar-refractivity contribution >= 4 is 41.5 Å². The van der Waals surface area contributed by atoms with Crippen LogP contribution in [0, 0.1) is 0 Å². The molecule has 22 heavy (non-hydrogen) atoms. The molecule has 2 bridgehead atoms. The van der Waals surface area contributed by atoms with E-state index in [2.05, 4.69) is 5.32 Å². The van der Waals surface area contributed by atoms with E-state index in [4.69, 9.17) is 27.9 Å². The zero-order valence-electron chi connectivity index (χ0n) is 12.1. The van der Waals surface area contributed by atoms with Crippen LogP contribution >= 0.6 is 35.6 Å². The molecule has 2 atom stereocenters. The Labute approximate surface area is 146 Å². The zero-order valence-corrected chi connectivity index (χ0v) is 14.4. The molecule has 1 aromatic rings. The molecule has 0 radical (unpaired) electrons. The standard InChI is InChI=1S/C15H18Cl2N2O2.ClH/c16-13-4-3-12(7-14(13)17)21-9-15(20)19-6-5-10-1-2-11(8-19)18-10;/h3-4,7,10-11,18H,1-2,5-6,8-9H2;1H. The Hall–Kier alpha value is -0.680. The zero-order chi connectivity index (χ0) is 14.8. The van der Waals surface area contributed by atoms with Gasteiger partial charge in [0.05, 0.1) is 10.0 Å². The van der Waals surface area contributed by atoms with E-state index in [1.54, 1.807) is 18.2 Å². The topological polar surface area (TPSA) is 41.6 Å². The van der Waals surface area contributed by atoms with Crippen molar-refractivity contribution in [1.82, 2.24) is 10.2 Å². The first kappa shape index (κ1) is 17.7. The molecule has 2 aliphatic rings. The summed E-state index contributed by atoms with van der Waals surface area (Å²) in [7, 11) is 0. The average Bonchev–Trinajstić information content (AvgIpc) is 2.79. The van der Waals surface area contributed by atoms with Gasteiger partial charge in [-0.05, 0) is 31.4 Å². The lowest BCUT2D eigenvalue weighted by Crippen LogP contribution is -2.41. The van der Waals surface area contributed by atoms with Crippen molar-refractivity contribution in [2.24, 2.45) is 0 Å². The number of rotatable bonds is 3. The number of likely N-dealkylation sites (tertiary alicyclic amines) is 1. The molecule has 2 heterocycles. The number of halogens is 3. The number of carbonyl (C=O) groups excluding carboxylic acids is 1. The number of carbonyl (C=O) groups is 1. The van der Waals surface area contributed by atoms with Crippen LogP contribution in [-0.2, 0) is 4.79 Å². The van der Waals surface area contributed by atoms with Gasteiger partial charge in [0.1, 0.15) is 5.75 Å². The fourth-order valence-corrected chi connectivity index (χ4v) is 3.26. The van der Waals surface area contributed by atoms with E-state index >= 15 is 0 Å². The number of amides is 1. The van der Waals surface area contributed by atoms with E-state index < -0.39 is 0 Å².